The molecule has 2 aromatic rings. The molecule has 0 unspecified atom stereocenters. The Labute approximate surface area is 169 Å². The van der Waals surface area contributed by atoms with E-state index in [9.17, 15) is 4.79 Å². The van der Waals surface area contributed by atoms with Crippen LogP contribution >= 0.6 is 11.3 Å². The molecule has 0 saturated heterocycles. The van der Waals surface area contributed by atoms with E-state index in [4.69, 9.17) is 19.9 Å². The fraction of sp³-hybridized carbons (Fsp3) is 0.500. The molecule has 0 atom stereocenters. The van der Waals surface area contributed by atoms with Crippen LogP contribution < -0.4 is 25.3 Å². The van der Waals surface area contributed by atoms with Crippen LogP contribution in [0.25, 0.3) is 0 Å². The van der Waals surface area contributed by atoms with E-state index in [0.29, 0.717) is 35.2 Å². The third kappa shape index (κ3) is 5.28. The largest absolute Gasteiger partial charge is 0.493 e. The third-order valence-corrected chi connectivity index (χ3v) is 5.60. The van der Waals surface area contributed by atoms with E-state index in [1.807, 2.05) is 23.6 Å². The van der Waals surface area contributed by atoms with Crippen LogP contribution in [0.1, 0.15) is 37.8 Å². The number of benzene rings is 1. The Morgan fingerprint density at radius 3 is 2.61 bits per heavy atom. The number of aryl methyl sites for hydroxylation is 1. The first-order valence-electron chi connectivity index (χ1n) is 9.46. The minimum Gasteiger partial charge on any atom is -0.493 e. The number of carbonyl (C=O) groups excluding carboxylic acids is 1. The van der Waals surface area contributed by atoms with E-state index >= 15 is 0 Å². The van der Waals surface area contributed by atoms with Crippen LogP contribution in [0.5, 0.6) is 17.2 Å². The van der Waals surface area contributed by atoms with E-state index in [-0.39, 0.29) is 18.1 Å². The molecule has 3 N–H and O–H groups in total. The van der Waals surface area contributed by atoms with Gasteiger partial charge in [0.15, 0.2) is 16.6 Å². The summed E-state index contributed by atoms with van der Waals surface area (Å²) in [6.45, 7) is 0. The van der Waals surface area contributed by atoms with Gasteiger partial charge in [-0.25, -0.2) is 4.98 Å². The Morgan fingerprint density at radius 2 is 1.96 bits per heavy atom. The van der Waals surface area contributed by atoms with Gasteiger partial charge in [0.05, 0.1) is 26.0 Å². The van der Waals surface area contributed by atoms with Crippen molar-refractivity contribution in [2.45, 2.75) is 50.7 Å². The number of nitrogens with zero attached hydrogens (tertiary/aromatic N) is 1. The first-order chi connectivity index (χ1) is 13.6. The van der Waals surface area contributed by atoms with E-state index in [2.05, 4.69) is 10.3 Å². The fourth-order valence-corrected chi connectivity index (χ4v) is 4.03. The number of aromatic nitrogens is 1. The lowest BCUT2D eigenvalue weighted by Gasteiger charge is -2.30. The molecule has 0 bridgehead atoms. The molecule has 8 heteroatoms. The van der Waals surface area contributed by atoms with Crippen molar-refractivity contribution >= 4 is 22.4 Å². The number of hydrogen-bond acceptors (Lipinski definition) is 7. The highest BCUT2D eigenvalue weighted by Gasteiger charge is 2.25. The second-order valence-electron chi connectivity index (χ2n) is 6.83. The number of amides is 1. The molecule has 1 fully saturated rings. The summed E-state index contributed by atoms with van der Waals surface area (Å²) in [7, 11) is 3.22. The van der Waals surface area contributed by atoms with Gasteiger partial charge in [0, 0.05) is 17.8 Å². The standard InChI is InChI=1S/C20H27N3O4S/c1-25-16-4-3-5-17(19(16)26-2)27-15-9-6-13(7-10-15)22-18(24)11-8-14-12-28-20(21)23-14/h3-5,12-13,15H,6-11H2,1-2H3,(H2,21,23)(H,22,24). The van der Waals surface area contributed by atoms with Crippen molar-refractivity contribution in [3.05, 3.63) is 29.3 Å². The van der Waals surface area contributed by atoms with Crippen LogP contribution in [0.15, 0.2) is 23.6 Å². The molecule has 1 amide bonds. The molecule has 1 heterocycles. The number of nitrogens with two attached hydrogens (primary N) is 1. The zero-order chi connectivity index (χ0) is 19.9. The van der Waals surface area contributed by atoms with Gasteiger partial charge in [-0.15, -0.1) is 11.3 Å². The summed E-state index contributed by atoms with van der Waals surface area (Å²) < 4.78 is 16.9. The second kappa shape index (κ2) is 9.64. The first-order valence-corrected chi connectivity index (χ1v) is 10.3. The molecule has 28 heavy (non-hydrogen) atoms. The number of ether oxygens (including phenoxy) is 3. The van der Waals surface area contributed by atoms with Gasteiger partial charge < -0.3 is 25.3 Å². The molecular weight excluding hydrogens is 378 g/mol. The summed E-state index contributed by atoms with van der Waals surface area (Å²) in [5.41, 5.74) is 6.49. The summed E-state index contributed by atoms with van der Waals surface area (Å²) in [4.78, 5) is 16.4. The summed E-state index contributed by atoms with van der Waals surface area (Å²) in [5, 5.41) is 5.57. The van der Waals surface area contributed by atoms with Crippen molar-refractivity contribution < 1.29 is 19.0 Å². The van der Waals surface area contributed by atoms with E-state index < -0.39 is 0 Å². The molecule has 0 aliphatic heterocycles. The van der Waals surface area contributed by atoms with Crippen LogP contribution in [0.2, 0.25) is 0 Å². The van der Waals surface area contributed by atoms with Crippen molar-refractivity contribution in [3.8, 4) is 17.2 Å². The van der Waals surface area contributed by atoms with Crippen LogP contribution in [-0.4, -0.2) is 37.3 Å². The smallest absolute Gasteiger partial charge is 0.220 e. The zero-order valence-electron chi connectivity index (χ0n) is 16.3. The highest BCUT2D eigenvalue weighted by atomic mass is 32.1. The van der Waals surface area contributed by atoms with Gasteiger partial charge in [-0.3, -0.25) is 4.79 Å². The molecule has 152 valence electrons. The Bertz CT molecular complexity index is 788. The number of thiazole rings is 1. The molecule has 1 aliphatic carbocycles. The lowest BCUT2D eigenvalue weighted by molar-refractivity contribution is -0.122. The fourth-order valence-electron chi connectivity index (χ4n) is 3.43. The van der Waals surface area contributed by atoms with Crippen LogP contribution in [0.3, 0.4) is 0 Å². The average molecular weight is 406 g/mol. The Kier molecular flexibility index (Phi) is 6.97. The number of rotatable bonds is 8. The van der Waals surface area contributed by atoms with Gasteiger partial charge in [0.2, 0.25) is 11.7 Å². The number of anilines is 1. The van der Waals surface area contributed by atoms with Crippen molar-refractivity contribution in [1.82, 2.24) is 10.3 Å². The van der Waals surface area contributed by atoms with Crippen molar-refractivity contribution in [2.24, 2.45) is 0 Å². The molecule has 1 saturated carbocycles. The maximum Gasteiger partial charge on any atom is 0.220 e. The molecule has 1 aromatic heterocycles. The SMILES string of the molecule is COc1cccc(OC2CCC(NC(=O)CCc3csc(N)n3)CC2)c1OC. The number of para-hydroxylation sites is 1. The quantitative estimate of drug-likeness (QED) is 0.700. The Morgan fingerprint density at radius 1 is 1.21 bits per heavy atom. The summed E-state index contributed by atoms with van der Waals surface area (Å²) in [6.07, 6.45) is 4.71. The molecular formula is C20H27N3O4S. The van der Waals surface area contributed by atoms with E-state index in [1.54, 1.807) is 14.2 Å². The number of carbonyl (C=O) groups is 1. The van der Waals surface area contributed by atoms with Crippen molar-refractivity contribution in [3.63, 3.8) is 0 Å². The summed E-state index contributed by atoms with van der Waals surface area (Å²) in [6, 6.07) is 5.82. The van der Waals surface area contributed by atoms with Crippen molar-refractivity contribution in [2.75, 3.05) is 20.0 Å². The highest BCUT2D eigenvalue weighted by Crippen LogP contribution is 2.38. The molecule has 7 nitrogen and oxygen atoms in total. The average Bonchev–Trinajstić information content (AvgIpc) is 3.13. The van der Waals surface area contributed by atoms with Gasteiger partial charge >= 0.3 is 0 Å². The van der Waals surface area contributed by atoms with Gasteiger partial charge in [0.25, 0.3) is 0 Å². The van der Waals surface area contributed by atoms with Gasteiger partial charge in [-0.2, -0.15) is 0 Å². The summed E-state index contributed by atoms with van der Waals surface area (Å²) in [5.74, 6) is 2.02. The van der Waals surface area contributed by atoms with Crippen molar-refractivity contribution in [1.29, 1.82) is 0 Å². The van der Waals surface area contributed by atoms with Gasteiger partial charge in [0.1, 0.15) is 0 Å². The molecule has 1 aromatic carbocycles. The van der Waals surface area contributed by atoms with E-state index in [1.165, 1.54) is 11.3 Å². The molecule has 0 spiro atoms. The maximum absolute atomic E-state index is 12.2. The number of nitrogen functional groups attached to an aromatic ring is 1. The first kappa shape index (κ1) is 20.3. The summed E-state index contributed by atoms with van der Waals surface area (Å²) >= 11 is 1.40. The number of hydrogen-bond donors (Lipinski definition) is 2. The predicted molar refractivity (Wildman–Crippen MR) is 109 cm³/mol. The zero-order valence-corrected chi connectivity index (χ0v) is 17.1. The highest BCUT2D eigenvalue weighted by molar-refractivity contribution is 7.13. The normalized spacial score (nSPS) is 19.1. The minimum absolute atomic E-state index is 0.0606. The number of nitrogens with one attached hydrogen (secondary N) is 1. The monoisotopic (exact) mass is 405 g/mol. The van der Waals surface area contributed by atoms with Crippen LogP contribution in [-0.2, 0) is 11.2 Å². The third-order valence-electron chi connectivity index (χ3n) is 4.88. The lowest BCUT2D eigenvalue weighted by atomic mass is 9.92. The topological polar surface area (TPSA) is 95.7 Å². The van der Waals surface area contributed by atoms with Crippen LogP contribution in [0, 0.1) is 0 Å². The second-order valence-corrected chi connectivity index (χ2v) is 7.72. The maximum atomic E-state index is 12.2. The number of methoxy groups -OCH3 is 2. The van der Waals surface area contributed by atoms with Gasteiger partial charge in [-0.05, 0) is 44.2 Å². The lowest BCUT2D eigenvalue weighted by Crippen LogP contribution is -2.39. The molecule has 0 radical (unpaired) electrons. The van der Waals surface area contributed by atoms with Crippen LogP contribution in [0.4, 0.5) is 5.13 Å². The molecule has 1 aliphatic rings. The molecule has 3 rings (SSSR count). The minimum atomic E-state index is 0.0606. The Balaban J connectivity index is 1.44. The predicted octanol–water partition coefficient (Wildman–Crippen LogP) is 3.18. The Hall–Kier alpha value is -2.48. The van der Waals surface area contributed by atoms with E-state index in [0.717, 1.165) is 31.4 Å². The van der Waals surface area contributed by atoms with Gasteiger partial charge in [-0.1, -0.05) is 6.07 Å².